The van der Waals surface area contributed by atoms with E-state index >= 15 is 0 Å². The van der Waals surface area contributed by atoms with Crippen LogP contribution in [0.15, 0.2) is 0 Å². The van der Waals surface area contributed by atoms with Crippen molar-refractivity contribution in [3.63, 3.8) is 0 Å². The van der Waals surface area contributed by atoms with E-state index in [4.69, 9.17) is 10.5 Å². The van der Waals surface area contributed by atoms with Crippen molar-refractivity contribution in [2.75, 3.05) is 13.2 Å². The maximum absolute atomic E-state index is 12.7. The Morgan fingerprint density at radius 2 is 2.00 bits per heavy atom. The van der Waals surface area contributed by atoms with Crippen molar-refractivity contribution >= 4 is 5.91 Å². The van der Waals surface area contributed by atoms with Crippen LogP contribution < -0.4 is 11.1 Å². The van der Waals surface area contributed by atoms with Crippen LogP contribution in [0.2, 0.25) is 0 Å². The summed E-state index contributed by atoms with van der Waals surface area (Å²) in [6.45, 7) is 12.0. The number of carbonyl (C=O) groups excluding carboxylic acids is 1. The molecule has 0 aromatic heterocycles. The van der Waals surface area contributed by atoms with E-state index in [1.165, 1.54) is 25.7 Å². The average Bonchev–Trinajstić information content (AvgIpc) is 2.40. The molecule has 2 fully saturated rings. The molecule has 128 valence electrons. The van der Waals surface area contributed by atoms with Crippen molar-refractivity contribution < 1.29 is 9.53 Å². The Hall–Kier alpha value is -0.610. The molecule has 2 rings (SSSR count). The third kappa shape index (κ3) is 2.92. The summed E-state index contributed by atoms with van der Waals surface area (Å²) in [5, 5.41) is 3.17. The van der Waals surface area contributed by atoms with Gasteiger partial charge in [-0.05, 0) is 37.5 Å². The van der Waals surface area contributed by atoms with E-state index in [2.05, 4.69) is 19.2 Å². The maximum atomic E-state index is 12.7. The lowest BCUT2D eigenvalue weighted by atomic mass is 9.54. The highest BCUT2D eigenvalue weighted by atomic mass is 16.5. The van der Waals surface area contributed by atoms with Crippen LogP contribution in [-0.4, -0.2) is 30.7 Å². The zero-order chi connectivity index (χ0) is 16.6. The van der Waals surface area contributed by atoms with Crippen molar-refractivity contribution in [3.8, 4) is 0 Å². The molecule has 22 heavy (non-hydrogen) atoms. The summed E-state index contributed by atoms with van der Waals surface area (Å²) in [5.74, 6) is 0.676. The number of hydrogen-bond donors (Lipinski definition) is 2. The zero-order valence-corrected chi connectivity index (χ0v) is 15.0. The predicted molar refractivity (Wildman–Crippen MR) is 89.5 cm³/mol. The number of carbonyl (C=O) groups is 1. The van der Waals surface area contributed by atoms with Gasteiger partial charge in [0.25, 0.3) is 0 Å². The second-order valence-electron chi connectivity index (χ2n) is 8.48. The fraction of sp³-hybridized carbons (Fsp3) is 0.944. The SMILES string of the molecule is CCOC1CC(N)(C(=O)NCC2(CC(C)C)CCC2)C1(C)C. The van der Waals surface area contributed by atoms with Crippen molar-refractivity contribution in [1.82, 2.24) is 5.32 Å². The van der Waals surface area contributed by atoms with E-state index in [0.29, 0.717) is 24.4 Å². The van der Waals surface area contributed by atoms with E-state index in [0.717, 1.165) is 6.54 Å². The summed E-state index contributed by atoms with van der Waals surface area (Å²) in [5.41, 5.74) is 5.65. The number of nitrogens with two attached hydrogens (primary N) is 1. The molecule has 0 saturated heterocycles. The second kappa shape index (κ2) is 6.12. The van der Waals surface area contributed by atoms with Crippen LogP contribution in [0.25, 0.3) is 0 Å². The first kappa shape index (κ1) is 17.7. The van der Waals surface area contributed by atoms with Crippen LogP contribution in [0.5, 0.6) is 0 Å². The minimum absolute atomic E-state index is 0.00323. The summed E-state index contributed by atoms with van der Waals surface area (Å²) in [6.07, 6.45) is 5.64. The minimum Gasteiger partial charge on any atom is -0.378 e. The highest BCUT2D eigenvalue weighted by Gasteiger charge is 2.63. The first-order chi connectivity index (χ1) is 10.2. The first-order valence-electron chi connectivity index (χ1n) is 8.86. The van der Waals surface area contributed by atoms with E-state index < -0.39 is 5.54 Å². The molecule has 2 aliphatic carbocycles. The van der Waals surface area contributed by atoms with Crippen LogP contribution in [-0.2, 0) is 9.53 Å². The van der Waals surface area contributed by atoms with Crippen LogP contribution >= 0.6 is 0 Å². The number of rotatable bonds is 7. The maximum Gasteiger partial charge on any atom is 0.240 e. The molecule has 2 saturated carbocycles. The highest BCUT2D eigenvalue weighted by molar-refractivity contribution is 5.88. The Bertz CT molecular complexity index is 415. The molecule has 4 nitrogen and oxygen atoms in total. The Labute approximate surface area is 135 Å². The molecular weight excluding hydrogens is 276 g/mol. The van der Waals surface area contributed by atoms with E-state index in [1.807, 2.05) is 20.8 Å². The van der Waals surface area contributed by atoms with Gasteiger partial charge in [0.1, 0.15) is 5.54 Å². The first-order valence-corrected chi connectivity index (χ1v) is 8.86. The van der Waals surface area contributed by atoms with Gasteiger partial charge in [-0.15, -0.1) is 0 Å². The Balaban J connectivity index is 1.92. The molecule has 0 radical (unpaired) electrons. The van der Waals surface area contributed by atoms with Gasteiger partial charge in [-0.25, -0.2) is 0 Å². The lowest BCUT2D eigenvalue weighted by molar-refractivity contribution is -0.171. The molecule has 4 heteroatoms. The van der Waals surface area contributed by atoms with E-state index in [1.54, 1.807) is 0 Å². The average molecular weight is 310 g/mol. The predicted octanol–water partition coefficient (Wildman–Crippen LogP) is 2.85. The monoisotopic (exact) mass is 310 g/mol. The molecule has 0 aliphatic heterocycles. The van der Waals surface area contributed by atoms with Gasteiger partial charge in [0.15, 0.2) is 0 Å². The molecule has 2 atom stereocenters. The smallest absolute Gasteiger partial charge is 0.240 e. The van der Waals surface area contributed by atoms with Gasteiger partial charge in [-0.2, -0.15) is 0 Å². The topological polar surface area (TPSA) is 64.3 Å². The number of ether oxygens (including phenoxy) is 1. The van der Waals surface area contributed by atoms with Crippen LogP contribution in [0, 0.1) is 16.7 Å². The highest BCUT2D eigenvalue weighted by Crippen LogP contribution is 2.50. The van der Waals surface area contributed by atoms with Gasteiger partial charge in [0, 0.05) is 25.0 Å². The van der Waals surface area contributed by atoms with Crippen molar-refractivity contribution in [3.05, 3.63) is 0 Å². The molecule has 1 amide bonds. The van der Waals surface area contributed by atoms with Gasteiger partial charge < -0.3 is 15.8 Å². The summed E-state index contributed by atoms with van der Waals surface area (Å²) >= 11 is 0. The Morgan fingerprint density at radius 3 is 2.41 bits per heavy atom. The van der Waals surface area contributed by atoms with Gasteiger partial charge in [0.2, 0.25) is 5.91 Å². The molecule has 2 unspecified atom stereocenters. The Kier molecular flexibility index (Phi) is 4.94. The van der Waals surface area contributed by atoms with Crippen LogP contribution in [0.3, 0.4) is 0 Å². The van der Waals surface area contributed by atoms with E-state index in [-0.39, 0.29) is 17.4 Å². The van der Waals surface area contributed by atoms with E-state index in [9.17, 15) is 4.79 Å². The Morgan fingerprint density at radius 1 is 1.36 bits per heavy atom. The minimum atomic E-state index is -0.796. The van der Waals surface area contributed by atoms with Crippen molar-refractivity contribution in [2.45, 2.75) is 78.4 Å². The van der Waals surface area contributed by atoms with Crippen molar-refractivity contribution in [2.24, 2.45) is 22.5 Å². The normalized spacial score (nSPS) is 32.2. The summed E-state index contributed by atoms with van der Waals surface area (Å²) < 4.78 is 5.71. The van der Waals surface area contributed by atoms with Gasteiger partial charge >= 0.3 is 0 Å². The van der Waals surface area contributed by atoms with Crippen LogP contribution in [0.4, 0.5) is 0 Å². The lowest BCUT2D eigenvalue weighted by Crippen LogP contribution is -2.76. The second-order valence-corrected chi connectivity index (χ2v) is 8.48. The molecule has 2 aliphatic rings. The van der Waals surface area contributed by atoms with Gasteiger partial charge in [0.05, 0.1) is 6.10 Å². The fourth-order valence-electron chi connectivity index (χ4n) is 4.24. The number of amides is 1. The number of nitrogens with one attached hydrogen (secondary N) is 1. The fourth-order valence-corrected chi connectivity index (χ4v) is 4.24. The standard InChI is InChI=1S/C18H34N2O2/c1-6-22-14-11-18(19,16(14,4)5)15(21)20-12-17(8-7-9-17)10-13(2)3/h13-14H,6-12,19H2,1-5H3,(H,20,21). The zero-order valence-electron chi connectivity index (χ0n) is 15.0. The summed E-state index contributed by atoms with van der Waals surface area (Å²) in [4.78, 5) is 12.7. The summed E-state index contributed by atoms with van der Waals surface area (Å²) in [6, 6.07) is 0. The van der Waals surface area contributed by atoms with Crippen LogP contribution in [0.1, 0.15) is 66.7 Å². The van der Waals surface area contributed by atoms with Gasteiger partial charge in [-0.1, -0.05) is 34.1 Å². The number of hydrogen-bond acceptors (Lipinski definition) is 3. The summed E-state index contributed by atoms with van der Waals surface area (Å²) in [7, 11) is 0. The molecular formula is C18H34N2O2. The van der Waals surface area contributed by atoms with Crippen molar-refractivity contribution in [1.29, 1.82) is 0 Å². The lowest BCUT2D eigenvalue weighted by Gasteiger charge is -2.58. The molecule has 0 heterocycles. The third-order valence-corrected chi connectivity index (χ3v) is 6.11. The third-order valence-electron chi connectivity index (χ3n) is 6.11. The molecule has 0 spiro atoms. The quantitative estimate of drug-likeness (QED) is 0.760. The van der Waals surface area contributed by atoms with Gasteiger partial charge in [-0.3, -0.25) is 4.79 Å². The molecule has 0 bridgehead atoms. The largest absolute Gasteiger partial charge is 0.378 e. The molecule has 0 aromatic rings. The molecule has 3 N–H and O–H groups in total. The molecule has 0 aromatic carbocycles.